The zero-order valence-electron chi connectivity index (χ0n) is 15.0. The van der Waals surface area contributed by atoms with E-state index in [-0.39, 0.29) is 5.75 Å². The van der Waals surface area contributed by atoms with Gasteiger partial charge in [0.25, 0.3) is 0 Å². The smallest absolute Gasteiger partial charge is 0.321 e. The van der Waals surface area contributed by atoms with E-state index in [9.17, 15) is 45.6 Å². The molecule has 0 aromatic carbocycles. The van der Waals surface area contributed by atoms with E-state index in [1.807, 2.05) is 0 Å². The molecule has 0 radical (unpaired) electrons. The molecule has 168 valence electrons. The standard InChI is InChI=1S/C15H25NO12S/c17-1-5-7(19)8(20)9(21)13(26-5)28-14-11(23)15(10(22)6(2-18)27-14)16-4(3-29-15)12(24)25/h4-11,13-14,16-23H,1-3H2,(H,24,25). The molecule has 3 saturated heterocycles. The molecule has 11 atom stereocenters. The van der Waals surface area contributed by atoms with Crippen LogP contribution in [0.1, 0.15) is 0 Å². The van der Waals surface area contributed by atoms with Gasteiger partial charge in [0.15, 0.2) is 12.6 Å². The lowest BCUT2D eigenvalue weighted by molar-refractivity contribution is -0.371. The summed E-state index contributed by atoms with van der Waals surface area (Å²) >= 11 is 0.914. The first-order chi connectivity index (χ1) is 13.7. The molecule has 3 fully saturated rings. The van der Waals surface area contributed by atoms with Crippen molar-refractivity contribution < 1.29 is 59.9 Å². The summed E-state index contributed by atoms with van der Waals surface area (Å²) in [5.41, 5.74) is 0. The molecule has 0 aromatic heterocycles. The minimum Gasteiger partial charge on any atom is -0.480 e. The van der Waals surface area contributed by atoms with Crippen molar-refractivity contribution in [2.75, 3.05) is 19.0 Å². The Morgan fingerprint density at radius 3 is 2.14 bits per heavy atom. The van der Waals surface area contributed by atoms with Crippen LogP contribution in [0, 0.1) is 0 Å². The predicted molar refractivity (Wildman–Crippen MR) is 92.4 cm³/mol. The number of hydrogen-bond acceptors (Lipinski definition) is 13. The molecular formula is C15H25NO12S. The number of carboxylic acids is 1. The number of ether oxygens (including phenoxy) is 3. The first-order valence-corrected chi connectivity index (χ1v) is 9.87. The van der Waals surface area contributed by atoms with Gasteiger partial charge in [-0.15, -0.1) is 11.8 Å². The molecule has 3 rings (SSSR count). The maximum Gasteiger partial charge on any atom is 0.321 e. The number of aliphatic hydroxyl groups excluding tert-OH is 7. The van der Waals surface area contributed by atoms with Gasteiger partial charge in [-0.2, -0.15) is 0 Å². The minimum absolute atomic E-state index is 0.00830. The van der Waals surface area contributed by atoms with Crippen LogP contribution in [-0.4, -0.2) is 132 Å². The van der Waals surface area contributed by atoms with E-state index in [0.717, 1.165) is 11.8 Å². The van der Waals surface area contributed by atoms with Crippen LogP contribution >= 0.6 is 11.8 Å². The molecule has 14 heteroatoms. The van der Waals surface area contributed by atoms with E-state index in [4.69, 9.17) is 14.2 Å². The number of carboxylic acid groups (broad SMARTS) is 1. The van der Waals surface area contributed by atoms with Gasteiger partial charge >= 0.3 is 5.97 Å². The predicted octanol–water partition coefficient (Wildman–Crippen LogP) is -5.27. The van der Waals surface area contributed by atoms with E-state index in [1.165, 1.54) is 0 Å². The molecule has 0 bridgehead atoms. The Morgan fingerprint density at radius 2 is 1.59 bits per heavy atom. The summed E-state index contributed by atoms with van der Waals surface area (Å²) in [5.74, 6) is -1.19. The summed E-state index contributed by atoms with van der Waals surface area (Å²) in [6.45, 7) is -1.39. The van der Waals surface area contributed by atoms with E-state index in [0.29, 0.717) is 0 Å². The van der Waals surface area contributed by atoms with Gasteiger partial charge in [0.1, 0.15) is 53.6 Å². The number of carbonyl (C=O) groups is 1. The quantitative estimate of drug-likeness (QED) is 0.194. The fourth-order valence-electron chi connectivity index (χ4n) is 3.59. The Balaban J connectivity index is 1.81. The zero-order valence-corrected chi connectivity index (χ0v) is 15.8. The molecule has 0 aromatic rings. The first-order valence-electron chi connectivity index (χ1n) is 8.89. The molecule has 9 N–H and O–H groups in total. The highest BCUT2D eigenvalue weighted by atomic mass is 32.2. The summed E-state index contributed by atoms with van der Waals surface area (Å²) in [6, 6.07) is -1.09. The van der Waals surface area contributed by atoms with Gasteiger partial charge in [-0.1, -0.05) is 0 Å². The van der Waals surface area contributed by atoms with Crippen LogP contribution in [0.2, 0.25) is 0 Å². The minimum atomic E-state index is -1.77. The SMILES string of the molecule is O=C(O)C1CSC2(N1)C(O)C(CO)OC(OC1OC(CO)C(O)C(O)C1O)C2O. The highest BCUT2D eigenvalue weighted by Crippen LogP contribution is 2.44. The summed E-state index contributed by atoms with van der Waals surface area (Å²) in [4.78, 5) is 9.63. The lowest BCUT2D eigenvalue weighted by atomic mass is 9.94. The van der Waals surface area contributed by atoms with Crippen molar-refractivity contribution in [3.05, 3.63) is 0 Å². The second kappa shape index (κ2) is 8.86. The number of thioether (sulfide) groups is 1. The molecule has 0 amide bonds. The average molecular weight is 443 g/mol. The second-order valence-corrected chi connectivity index (χ2v) is 8.39. The third kappa shape index (κ3) is 4.00. The Morgan fingerprint density at radius 1 is 0.966 bits per heavy atom. The van der Waals surface area contributed by atoms with Crippen LogP contribution < -0.4 is 5.32 Å². The van der Waals surface area contributed by atoms with Crippen LogP contribution in [0.5, 0.6) is 0 Å². The maximum absolute atomic E-state index is 11.3. The fraction of sp³-hybridized carbons (Fsp3) is 0.933. The largest absolute Gasteiger partial charge is 0.480 e. The molecule has 3 heterocycles. The summed E-state index contributed by atoms with van der Waals surface area (Å²) in [7, 11) is 0. The van der Waals surface area contributed by atoms with Crippen LogP contribution in [0.25, 0.3) is 0 Å². The average Bonchev–Trinajstić information content (AvgIpc) is 3.15. The molecule has 13 nitrogen and oxygen atoms in total. The first kappa shape index (κ1) is 23.1. The lowest BCUT2D eigenvalue weighted by Gasteiger charge is -2.50. The van der Waals surface area contributed by atoms with Crippen molar-refractivity contribution in [2.24, 2.45) is 0 Å². The van der Waals surface area contributed by atoms with Gasteiger partial charge in [-0.3, -0.25) is 10.1 Å². The molecule has 29 heavy (non-hydrogen) atoms. The van der Waals surface area contributed by atoms with Crippen molar-refractivity contribution in [3.8, 4) is 0 Å². The van der Waals surface area contributed by atoms with E-state index in [1.54, 1.807) is 0 Å². The van der Waals surface area contributed by atoms with Crippen molar-refractivity contribution in [1.82, 2.24) is 5.32 Å². The summed E-state index contributed by atoms with van der Waals surface area (Å²) < 4.78 is 16.0. The van der Waals surface area contributed by atoms with Gasteiger partial charge in [-0.25, -0.2) is 0 Å². The van der Waals surface area contributed by atoms with E-state index < -0.39 is 85.4 Å². The van der Waals surface area contributed by atoms with Crippen molar-refractivity contribution >= 4 is 17.7 Å². The van der Waals surface area contributed by atoms with Gasteiger partial charge in [0.05, 0.1) is 13.2 Å². The monoisotopic (exact) mass is 443 g/mol. The van der Waals surface area contributed by atoms with E-state index >= 15 is 0 Å². The van der Waals surface area contributed by atoms with Crippen LogP contribution in [-0.2, 0) is 19.0 Å². The highest BCUT2D eigenvalue weighted by molar-refractivity contribution is 8.01. The number of hydrogen-bond donors (Lipinski definition) is 9. The Kier molecular flexibility index (Phi) is 7.04. The van der Waals surface area contributed by atoms with Crippen LogP contribution in [0.3, 0.4) is 0 Å². The van der Waals surface area contributed by atoms with Gasteiger partial charge < -0.3 is 55.1 Å². The Hall–Kier alpha value is -0.620. The van der Waals surface area contributed by atoms with Crippen LogP contribution in [0.4, 0.5) is 0 Å². The number of rotatable bonds is 5. The third-order valence-electron chi connectivity index (χ3n) is 5.28. The topological polar surface area (TPSA) is 219 Å². The number of nitrogens with one attached hydrogen (secondary N) is 1. The van der Waals surface area contributed by atoms with Gasteiger partial charge in [-0.05, 0) is 0 Å². The Bertz CT molecular complexity index is 598. The van der Waals surface area contributed by atoms with Crippen molar-refractivity contribution in [1.29, 1.82) is 0 Å². The van der Waals surface area contributed by atoms with Gasteiger partial charge in [0.2, 0.25) is 0 Å². The maximum atomic E-state index is 11.3. The third-order valence-corrected chi connectivity index (χ3v) is 6.86. The normalized spacial score (nSPS) is 50.7. The molecule has 3 aliphatic rings. The lowest BCUT2D eigenvalue weighted by Crippen LogP contribution is -2.72. The van der Waals surface area contributed by atoms with E-state index in [2.05, 4.69) is 5.32 Å². The second-order valence-electron chi connectivity index (χ2n) is 7.09. The van der Waals surface area contributed by atoms with Gasteiger partial charge in [0, 0.05) is 5.75 Å². The Labute approximate surface area is 168 Å². The molecule has 1 spiro atoms. The molecular weight excluding hydrogens is 418 g/mol. The summed E-state index contributed by atoms with van der Waals surface area (Å²) in [5, 5.41) is 81.8. The highest BCUT2D eigenvalue weighted by Gasteiger charge is 2.61. The summed E-state index contributed by atoms with van der Waals surface area (Å²) in [6.07, 6.45) is -14.1. The molecule has 3 aliphatic heterocycles. The molecule has 11 unspecified atom stereocenters. The van der Waals surface area contributed by atoms with Crippen molar-refractivity contribution in [3.63, 3.8) is 0 Å². The molecule has 0 saturated carbocycles. The van der Waals surface area contributed by atoms with Crippen molar-refractivity contribution in [2.45, 2.75) is 66.2 Å². The van der Waals surface area contributed by atoms with Crippen LogP contribution in [0.15, 0.2) is 0 Å². The zero-order chi connectivity index (χ0) is 21.5. The number of aliphatic hydroxyl groups is 7. The molecule has 0 aliphatic carbocycles. The number of aliphatic carboxylic acids is 1. The fourth-order valence-corrected chi connectivity index (χ4v) is 5.09.